The lowest BCUT2D eigenvalue weighted by molar-refractivity contribution is 0.131. The molecule has 0 heterocycles. The number of rotatable bonds is 4. The molecule has 0 aliphatic heterocycles. The van der Waals surface area contributed by atoms with E-state index in [-0.39, 0.29) is 12.4 Å². The van der Waals surface area contributed by atoms with E-state index in [1.165, 1.54) is 24.3 Å². The lowest BCUT2D eigenvalue weighted by Crippen LogP contribution is -1.91. The second-order valence-electron chi connectivity index (χ2n) is 3.76. The van der Waals surface area contributed by atoms with Crippen LogP contribution in [0.25, 0.3) is 0 Å². The normalized spacial score (nSPS) is 10.9. The number of nitrogens with zero attached hydrogens (tertiary/aromatic N) is 1. The molecule has 0 fully saturated rings. The van der Waals surface area contributed by atoms with E-state index in [0.29, 0.717) is 11.1 Å². The molecule has 2 nitrogen and oxygen atoms in total. The standard InChI is InChI=1S/C14H9F3NO/c15-12-3-1-10(2-4-12)8-18-19-9-11-5-13(16)7-14(17)6-11/h1-7H,9H2. The average molecular weight is 264 g/mol. The Morgan fingerprint density at radius 2 is 1.53 bits per heavy atom. The quantitative estimate of drug-likeness (QED) is 0.611. The Balaban J connectivity index is 1.91. The molecule has 0 saturated heterocycles. The zero-order chi connectivity index (χ0) is 13.7. The Hall–Kier alpha value is -2.30. The molecule has 97 valence electrons. The van der Waals surface area contributed by atoms with Crippen LogP contribution in [0.2, 0.25) is 0 Å². The van der Waals surface area contributed by atoms with Crippen molar-refractivity contribution in [3.63, 3.8) is 0 Å². The molecule has 0 N–H and O–H groups in total. The van der Waals surface area contributed by atoms with E-state index in [0.717, 1.165) is 18.2 Å². The summed E-state index contributed by atoms with van der Waals surface area (Å²) in [4.78, 5) is 4.85. The SMILES string of the molecule is Fc1ccc(/[C]=N\OCc2cc(F)cc(F)c2)cc1. The van der Waals surface area contributed by atoms with Gasteiger partial charge in [0.25, 0.3) is 0 Å². The molecule has 0 aliphatic rings. The monoisotopic (exact) mass is 264 g/mol. The van der Waals surface area contributed by atoms with Crippen LogP contribution in [0.3, 0.4) is 0 Å². The minimum absolute atomic E-state index is 0.0805. The van der Waals surface area contributed by atoms with Gasteiger partial charge in [-0.2, -0.15) is 0 Å². The molecule has 0 saturated carbocycles. The highest BCUT2D eigenvalue weighted by Gasteiger charge is 2.00. The summed E-state index contributed by atoms with van der Waals surface area (Å²) in [6.45, 7) is -0.0805. The first-order valence-electron chi connectivity index (χ1n) is 5.42. The van der Waals surface area contributed by atoms with Crippen LogP contribution in [0.1, 0.15) is 11.1 Å². The minimum Gasteiger partial charge on any atom is -0.390 e. The molecule has 2 rings (SSSR count). The highest BCUT2D eigenvalue weighted by molar-refractivity contribution is 5.78. The van der Waals surface area contributed by atoms with Crippen LogP contribution in [0.5, 0.6) is 0 Å². The molecule has 2 aromatic carbocycles. The minimum atomic E-state index is -0.676. The van der Waals surface area contributed by atoms with Crippen LogP contribution in [0.4, 0.5) is 13.2 Å². The van der Waals surface area contributed by atoms with Crippen molar-refractivity contribution in [3.05, 3.63) is 71.0 Å². The van der Waals surface area contributed by atoms with Gasteiger partial charge in [-0.25, -0.2) is 13.2 Å². The summed E-state index contributed by atoms with van der Waals surface area (Å²) >= 11 is 0. The summed E-state index contributed by atoms with van der Waals surface area (Å²) < 4.78 is 38.3. The molecule has 2 aromatic rings. The summed E-state index contributed by atoms with van der Waals surface area (Å²) in [5.74, 6) is -1.71. The second kappa shape index (κ2) is 6.04. The van der Waals surface area contributed by atoms with Gasteiger partial charge in [0.2, 0.25) is 0 Å². The maximum absolute atomic E-state index is 12.9. The van der Waals surface area contributed by atoms with Gasteiger partial charge in [0, 0.05) is 11.6 Å². The van der Waals surface area contributed by atoms with E-state index >= 15 is 0 Å². The molecule has 0 aliphatic carbocycles. The third-order valence-corrected chi connectivity index (χ3v) is 2.24. The van der Waals surface area contributed by atoms with E-state index in [1.807, 2.05) is 0 Å². The van der Waals surface area contributed by atoms with Gasteiger partial charge >= 0.3 is 0 Å². The van der Waals surface area contributed by atoms with Crippen molar-refractivity contribution >= 4 is 6.21 Å². The van der Waals surface area contributed by atoms with E-state index < -0.39 is 11.6 Å². The molecule has 0 atom stereocenters. The molecule has 0 spiro atoms. The van der Waals surface area contributed by atoms with Gasteiger partial charge < -0.3 is 4.84 Å². The summed E-state index contributed by atoms with van der Waals surface area (Å²) in [6.07, 6.45) is 2.52. The first-order chi connectivity index (χ1) is 9.13. The van der Waals surface area contributed by atoms with E-state index in [2.05, 4.69) is 11.4 Å². The molecule has 0 bridgehead atoms. The number of hydrogen-bond acceptors (Lipinski definition) is 2. The largest absolute Gasteiger partial charge is 0.390 e. The second-order valence-corrected chi connectivity index (χ2v) is 3.76. The number of benzene rings is 2. The van der Waals surface area contributed by atoms with Crippen LogP contribution in [-0.4, -0.2) is 6.21 Å². The molecular formula is C14H9F3NO. The third kappa shape index (κ3) is 4.13. The summed E-state index contributed by atoms with van der Waals surface area (Å²) in [6, 6.07) is 8.55. The van der Waals surface area contributed by atoms with Crippen molar-refractivity contribution in [3.8, 4) is 0 Å². The van der Waals surface area contributed by atoms with Crippen LogP contribution in [-0.2, 0) is 11.4 Å². The van der Waals surface area contributed by atoms with E-state index in [1.54, 1.807) is 0 Å². The zero-order valence-corrected chi connectivity index (χ0v) is 9.74. The summed E-state index contributed by atoms with van der Waals surface area (Å²) in [5.41, 5.74) is 0.856. The van der Waals surface area contributed by atoms with Crippen LogP contribution in [0.15, 0.2) is 47.6 Å². The van der Waals surface area contributed by atoms with Crippen molar-refractivity contribution in [2.45, 2.75) is 6.61 Å². The van der Waals surface area contributed by atoms with Crippen molar-refractivity contribution < 1.29 is 18.0 Å². The predicted octanol–water partition coefficient (Wildman–Crippen LogP) is 3.53. The van der Waals surface area contributed by atoms with Gasteiger partial charge in [0.05, 0.1) is 0 Å². The van der Waals surface area contributed by atoms with Crippen molar-refractivity contribution in [1.29, 1.82) is 0 Å². The highest BCUT2D eigenvalue weighted by atomic mass is 19.1. The fraction of sp³-hybridized carbons (Fsp3) is 0.0714. The van der Waals surface area contributed by atoms with Gasteiger partial charge in [-0.15, -0.1) is 0 Å². The molecule has 0 unspecified atom stereocenters. The van der Waals surface area contributed by atoms with Crippen LogP contribution < -0.4 is 0 Å². The van der Waals surface area contributed by atoms with Gasteiger partial charge in [-0.05, 0) is 42.0 Å². The Kier molecular flexibility index (Phi) is 4.18. The van der Waals surface area contributed by atoms with Gasteiger partial charge in [-0.3, -0.25) is 0 Å². The van der Waals surface area contributed by atoms with Gasteiger partial charge in [0.15, 0.2) is 0 Å². The fourth-order valence-corrected chi connectivity index (χ4v) is 1.41. The maximum atomic E-state index is 12.9. The third-order valence-electron chi connectivity index (χ3n) is 2.24. The van der Waals surface area contributed by atoms with E-state index in [9.17, 15) is 13.2 Å². The van der Waals surface area contributed by atoms with Crippen molar-refractivity contribution in [2.24, 2.45) is 5.16 Å². The Labute approximate surface area is 108 Å². The van der Waals surface area contributed by atoms with Gasteiger partial charge in [-0.1, -0.05) is 5.16 Å². The summed E-state index contributed by atoms with van der Waals surface area (Å²) in [7, 11) is 0. The van der Waals surface area contributed by atoms with Gasteiger partial charge in [0.1, 0.15) is 30.3 Å². The molecule has 19 heavy (non-hydrogen) atoms. The first-order valence-corrected chi connectivity index (χ1v) is 5.42. The molecule has 0 aromatic heterocycles. The maximum Gasteiger partial charge on any atom is 0.142 e. The predicted molar refractivity (Wildman–Crippen MR) is 64.1 cm³/mol. The summed E-state index contributed by atoms with van der Waals surface area (Å²) in [5, 5.41) is 3.51. The smallest absolute Gasteiger partial charge is 0.142 e. The molecular weight excluding hydrogens is 255 g/mol. The molecule has 5 heteroatoms. The van der Waals surface area contributed by atoms with Crippen LogP contribution >= 0.6 is 0 Å². The molecule has 0 amide bonds. The Morgan fingerprint density at radius 1 is 0.895 bits per heavy atom. The van der Waals surface area contributed by atoms with Crippen molar-refractivity contribution in [2.75, 3.05) is 0 Å². The topological polar surface area (TPSA) is 21.6 Å². The fourth-order valence-electron chi connectivity index (χ4n) is 1.41. The zero-order valence-electron chi connectivity index (χ0n) is 9.74. The number of hydrogen-bond donors (Lipinski definition) is 0. The average Bonchev–Trinajstić information content (AvgIpc) is 2.36. The Morgan fingerprint density at radius 3 is 2.16 bits per heavy atom. The lowest BCUT2D eigenvalue weighted by Gasteiger charge is -2.00. The van der Waals surface area contributed by atoms with E-state index in [4.69, 9.17) is 4.84 Å². The Bertz CT molecular complexity index is 561. The lowest BCUT2D eigenvalue weighted by atomic mass is 10.2. The first kappa shape index (κ1) is 13.1. The number of halogens is 3. The molecule has 1 radical (unpaired) electrons. The highest BCUT2D eigenvalue weighted by Crippen LogP contribution is 2.09. The van der Waals surface area contributed by atoms with Crippen LogP contribution in [0, 0.1) is 17.5 Å². The van der Waals surface area contributed by atoms with Crippen molar-refractivity contribution in [1.82, 2.24) is 0 Å².